The fourth-order valence-electron chi connectivity index (χ4n) is 4.20. The summed E-state index contributed by atoms with van der Waals surface area (Å²) in [7, 11) is 1.66. The molecule has 2 saturated heterocycles. The monoisotopic (exact) mass is 348 g/mol. The molecule has 1 amide bonds. The number of allylic oxidation sites excluding steroid dienone is 1. The van der Waals surface area contributed by atoms with Gasteiger partial charge < -0.3 is 14.5 Å². The van der Waals surface area contributed by atoms with E-state index in [0.29, 0.717) is 12.5 Å². The van der Waals surface area contributed by atoms with Gasteiger partial charge in [0.1, 0.15) is 6.61 Å². The molecule has 24 heavy (non-hydrogen) atoms. The molecule has 130 valence electrons. The molecule has 1 spiro atoms. The first-order chi connectivity index (χ1) is 11.6. The number of hydrogen-bond acceptors (Lipinski definition) is 6. The lowest BCUT2D eigenvalue weighted by molar-refractivity contribution is -0.126. The zero-order valence-electron chi connectivity index (χ0n) is 14.4. The standard InChI is InChI=1S/C17H24N4O2S/c1-12-4-3-5-13(12)15(22)20-7-6-17(9-20)10-21(11-17)16-18-14(8-23-2)19-24-16/h3-11H2,1-2H3. The molecule has 0 atom stereocenters. The number of hydrogen-bond donors (Lipinski definition) is 0. The molecule has 0 unspecified atom stereocenters. The van der Waals surface area contributed by atoms with Crippen molar-refractivity contribution >= 4 is 22.6 Å². The first-order valence-electron chi connectivity index (χ1n) is 8.65. The molecule has 3 aliphatic rings. The lowest BCUT2D eigenvalue weighted by atomic mass is 9.79. The molecule has 3 heterocycles. The van der Waals surface area contributed by atoms with Crippen LogP contribution in [0.4, 0.5) is 5.13 Å². The Morgan fingerprint density at radius 3 is 2.88 bits per heavy atom. The second-order valence-electron chi connectivity index (χ2n) is 7.37. The SMILES string of the molecule is COCc1nsc(N2CC3(CCN(C(=O)C4=C(C)CCC4)C3)C2)n1. The van der Waals surface area contributed by atoms with Gasteiger partial charge in [-0.2, -0.15) is 4.37 Å². The van der Waals surface area contributed by atoms with Gasteiger partial charge in [0, 0.05) is 55.8 Å². The minimum atomic E-state index is 0.260. The van der Waals surface area contributed by atoms with Crippen LogP contribution < -0.4 is 4.90 Å². The highest BCUT2D eigenvalue weighted by atomic mass is 32.1. The summed E-state index contributed by atoms with van der Waals surface area (Å²) in [6.07, 6.45) is 4.30. The lowest BCUT2D eigenvalue weighted by Gasteiger charge is -2.47. The maximum absolute atomic E-state index is 12.7. The maximum atomic E-state index is 12.7. The number of carbonyl (C=O) groups is 1. The average Bonchev–Trinajstić information content (AvgIpc) is 3.24. The molecule has 1 aliphatic carbocycles. The molecule has 1 aromatic heterocycles. The summed E-state index contributed by atoms with van der Waals surface area (Å²) < 4.78 is 9.40. The van der Waals surface area contributed by atoms with Crippen molar-refractivity contribution in [1.29, 1.82) is 0 Å². The van der Waals surface area contributed by atoms with Gasteiger partial charge in [0.15, 0.2) is 5.82 Å². The van der Waals surface area contributed by atoms with Crippen LogP contribution in [-0.2, 0) is 16.1 Å². The van der Waals surface area contributed by atoms with E-state index in [-0.39, 0.29) is 5.41 Å². The van der Waals surface area contributed by atoms with E-state index in [1.165, 1.54) is 17.1 Å². The van der Waals surface area contributed by atoms with Crippen LogP contribution >= 0.6 is 11.5 Å². The van der Waals surface area contributed by atoms with Gasteiger partial charge in [-0.25, -0.2) is 4.98 Å². The molecule has 4 rings (SSSR count). The third-order valence-electron chi connectivity index (χ3n) is 5.53. The fourth-order valence-corrected chi connectivity index (χ4v) is 4.87. The molecule has 2 fully saturated rings. The molecular weight excluding hydrogens is 324 g/mol. The minimum absolute atomic E-state index is 0.260. The molecule has 0 N–H and O–H groups in total. The summed E-state index contributed by atoms with van der Waals surface area (Å²) in [6.45, 7) is 6.33. The van der Waals surface area contributed by atoms with Crippen LogP contribution in [0.1, 0.15) is 38.4 Å². The van der Waals surface area contributed by atoms with Crippen LogP contribution in [0.2, 0.25) is 0 Å². The fraction of sp³-hybridized carbons (Fsp3) is 0.706. The second kappa shape index (κ2) is 6.11. The molecular formula is C17H24N4O2S. The van der Waals surface area contributed by atoms with Gasteiger partial charge in [0.05, 0.1) is 0 Å². The number of anilines is 1. The Balaban J connectivity index is 1.36. The summed E-state index contributed by atoms with van der Waals surface area (Å²) in [5.74, 6) is 1.05. The maximum Gasteiger partial charge on any atom is 0.249 e. The molecule has 0 radical (unpaired) electrons. The molecule has 2 aliphatic heterocycles. The number of likely N-dealkylation sites (tertiary alicyclic amines) is 1. The number of methoxy groups -OCH3 is 1. The van der Waals surface area contributed by atoms with E-state index in [1.807, 2.05) is 0 Å². The summed E-state index contributed by atoms with van der Waals surface area (Å²) in [5, 5.41) is 0.979. The molecule has 1 aromatic rings. The lowest BCUT2D eigenvalue weighted by Crippen LogP contribution is -2.58. The van der Waals surface area contributed by atoms with Gasteiger partial charge in [-0.3, -0.25) is 4.79 Å². The minimum Gasteiger partial charge on any atom is -0.377 e. The van der Waals surface area contributed by atoms with Crippen LogP contribution in [-0.4, -0.2) is 53.5 Å². The zero-order chi connectivity index (χ0) is 16.7. The van der Waals surface area contributed by atoms with Crippen molar-refractivity contribution in [2.45, 2.75) is 39.2 Å². The van der Waals surface area contributed by atoms with Crippen molar-refractivity contribution in [2.75, 3.05) is 38.2 Å². The van der Waals surface area contributed by atoms with E-state index in [4.69, 9.17) is 4.74 Å². The van der Waals surface area contributed by atoms with Gasteiger partial charge in [0.2, 0.25) is 11.0 Å². The van der Waals surface area contributed by atoms with Crippen molar-refractivity contribution in [1.82, 2.24) is 14.3 Å². The van der Waals surface area contributed by atoms with Crippen LogP contribution in [0.5, 0.6) is 0 Å². The molecule has 6 nitrogen and oxygen atoms in total. The van der Waals surface area contributed by atoms with Gasteiger partial charge in [-0.05, 0) is 32.6 Å². The molecule has 0 bridgehead atoms. The smallest absolute Gasteiger partial charge is 0.249 e. The Bertz CT molecular complexity index is 678. The van der Waals surface area contributed by atoms with Crippen LogP contribution in [0.25, 0.3) is 0 Å². The first kappa shape index (κ1) is 16.0. The van der Waals surface area contributed by atoms with E-state index in [2.05, 4.69) is 26.1 Å². The topological polar surface area (TPSA) is 58.6 Å². The Kier molecular flexibility index (Phi) is 4.08. The number of rotatable bonds is 4. The summed E-state index contributed by atoms with van der Waals surface area (Å²) >= 11 is 1.44. The quantitative estimate of drug-likeness (QED) is 0.835. The average molecular weight is 348 g/mol. The van der Waals surface area contributed by atoms with Gasteiger partial charge in [-0.15, -0.1) is 0 Å². The van der Waals surface area contributed by atoms with Gasteiger partial charge in [0.25, 0.3) is 0 Å². The van der Waals surface area contributed by atoms with E-state index < -0.39 is 0 Å². The van der Waals surface area contributed by atoms with Crippen molar-refractivity contribution in [3.8, 4) is 0 Å². The predicted molar refractivity (Wildman–Crippen MR) is 93.0 cm³/mol. The van der Waals surface area contributed by atoms with Gasteiger partial charge in [-0.1, -0.05) is 5.57 Å². The van der Waals surface area contributed by atoms with E-state index >= 15 is 0 Å². The van der Waals surface area contributed by atoms with Gasteiger partial charge >= 0.3 is 0 Å². The normalized spacial score (nSPS) is 22.6. The third-order valence-corrected chi connectivity index (χ3v) is 6.35. The van der Waals surface area contributed by atoms with Crippen molar-refractivity contribution < 1.29 is 9.53 Å². The molecule has 7 heteroatoms. The van der Waals surface area contributed by atoms with E-state index in [9.17, 15) is 4.79 Å². The first-order valence-corrected chi connectivity index (χ1v) is 9.42. The molecule has 0 aromatic carbocycles. The third kappa shape index (κ3) is 2.73. The van der Waals surface area contributed by atoms with Crippen LogP contribution in [0.3, 0.4) is 0 Å². The van der Waals surface area contributed by atoms with Crippen molar-refractivity contribution in [3.05, 3.63) is 17.0 Å². The van der Waals surface area contributed by atoms with Crippen molar-refractivity contribution in [3.63, 3.8) is 0 Å². The Labute approximate surface area is 146 Å². The highest BCUT2D eigenvalue weighted by Gasteiger charge is 2.49. The molecule has 0 saturated carbocycles. The predicted octanol–water partition coefficient (Wildman–Crippen LogP) is 2.22. The largest absolute Gasteiger partial charge is 0.377 e. The number of amides is 1. The Morgan fingerprint density at radius 1 is 1.33 bits per heavy atom. The number of ether oxygens (including phenoxy) is 1. The Hall–Kier alpha value is -1.47. The highest BCUT2D eigenvalue weighted by molar-refractivity contribution is 7.09. The van der Waals surface area contributed by atoms with Crippen LogP contribution in [0, 0.1) is 5.41 Å². The number of aromatic nitrogens is 2. The van der Waals surface area contributed by atoms with Crippen molar-refractivity contribution in [2.24, 2.45) is 5.41 Å². The number of nitrogens with zero attached hydrogens (tertiary/aromatic N) is 4. The van der Waals surface area contributed by atoms with Crippen LogP contribution in [0.15, 0.2) is 11.1 Å². The zero-order valence-corrected chi connectivity index (χ0v) is 15.2. The summed E-state index contributed by atoms with van der Waals surface area (Å²) in [6, 6.07) is 0. The van der Waals surface area contributed by atoms with E-state index in [0.717, 1.165) is 68.4 Å². The van der Waals surface area contributed by atoms with E-state index in [1.54, 1.807) is 7.11 Å². The summed E-state index contributed by atoms with van der Waals surface area (Å²) in [5.41, 5.74) is 2.64. The Morgan fingerprint density at radius 2 is 2.17 bits per heavy atom. The highest BCUT2D eigenvalue weighted by Crippen LogP contribution is 2.43. The second-order valence-corrected chi connectivity index (χ2v) is 8.10. The number of carbonyl (C=O) groups excluding carboxylic acids is 1. The summed E-state index contributed by atoms with van der Waals surface area (Å²) in [4.78, 5) is 21.6.